The molecule has 1 saturated carbocycles. The van der Waals surface area contributed by atoms with Crippen molar-refractivity contribution < 1.29 is 9.90 Å². The zero-order valence-corrected chi connectivity index (χ0v) is 13.4. The molecule has 7 nitrogen and oxygen atoms in total. The van der Waals surface area contributed by atoms with Gasteiger partial charge in [0, 0.05) is 25.0 Å². The van der Waals surface area contributed by atoms with E-state index in [0.717, 1.165) is 25.7 Å². The maximum atomic E-state index is 12.5. The van der Waals surface area contributed by atoms with Crippen molar-refractivity contribution in [2.75, 3.05) is 27.2 Å². The first-order valence-corrected chi connectivity index (χ1v) is 8.05. The van der Waals surface area contributed by atoms with E-state index < -0.39 is 0 Å². The Morgan fingerprint density at radius 1 is 1.32 bits per heavy atom. The fourth-order valence-electron chi connectivity index (χ4n) is 3.46. The molecule has 1 aromatic heterocycles. The summed E-state index contributed by atoms with van der Waals surface area (Å²) in [7, 11) is 4.23. The van der Waals surface area contributed by atoms with Crippen LogP contribution in [0.3, 0.4) is 0 Å². The van der Waals surface area contributed by atoms with Crippen LogP contribution < -0.4 is 0 Å². The molecule has 7 heteroatoms. The SMILES string of the molecule is CN(C)C1CCC(C(=O)N2CC(n3cc(CO)nn3)C2)CC1. The van der Waals surface area contributed by atoms with E-state index in [0.29, 0.717) is 30.7 Å². The Balaban J connectivity index is 1.47. The number of likely N-dealkylation sites (tertiary alicyclic amines) is 1. The van der Waals surface area contributed by atoms with E-state index in [1.165, 1.54) is 0 Å². The Labute approximate surface area is 130 Å². The Hall–Kier alpha value is -1.47. The minimum atomic E-state index is -0.0928. The van der Waals surface area contributed by atoms with Crippen LogP contribution in [0.4, 0.5) is 0 Å². The van der Waals surface area contributed by atoms with Gasteiger partial charge in [-0.15, -0.1) is 5.10 Å². The lowest BCUT2D eigenvalue weighted by Gasteiger charge is -2.42. The molecule has 1 saturated heterocycles. The number of carbonyl (C=O) groups excluding carboxylic acids is 1. The molecule has 0 radical (unpaired) electrons. The van der Waals surface area contributed by atoms with Crippen LogP contribution in [0.15, 0.2) is 6.20 Å². The van der Waals surface area contributed by atoms with Gasteiger partial charge in [-0.3, -0.25) is 4.79 Å². The molecule has 0 bridgehead atoms. The minimum Gasteiger partial charge on any atom is -0.390 e. The summed E-state index contributed by atoms with van der Waals surface area (Å²) < 4.78 is 1.76. The van der Waals surface area contributed by atoms with Crippen molar-refractivity contribution in [3.05, 3.63) is 11.9 Å². The first kappa shape index (κ1) is 15.4. The minimum absolute atomic E-state index is 0.0928. The highest BCUT2D eigenvalue weighted by Gasteiger charge is 2.37. The van der Waals surface area contributed by atoms with Crippen LogP contribution in [0.5, 0.6) is 0 Å². The van der Waals surface area contributed by atoms with Gasteiger partial charge in [-0.2, -0.15) is 0 Å². The molecule has 1 aliphatic carbocycles. The van der Waals surface area contributed by atoms with Gasteiger partial charge in [0.05, 0.1) is 18.8 Å². The number of aliphatic hydroxyl groups is 1. The molecule has 1 aromatic rings. The quantitative estimate of drug-likeness (QED) is 0.864. The van der Waals surface area contributed by atoms with E-state index in [1.54, 1.807) is 10.9 Å². The van der Waals surface area contributed by atoms with E-state index in [2.05, 4.69) is 29.3 Å². The van der Waals surface area contributed by atoms with Crippen LogP contribution in [-0.4, -0.2) is 69.0 Å². The lowest BCUT2D eigenvalue weighted by molar-refractivity contribution is -0.143. The Morgan fingerprint density at radius 3 is 2.55 bits per heavy atom. The van der Waals surface area contributed by atoms with Gasteiger partial charge >= 0.3 is 0 Å². The molecular formula is C15H25N5O2. The fraction of sp³-hybridized carbons (Fsp3) is 0.800. The monoisotopic (exact) mass is 307 g/mol. The first-order chi connectivity index (χ1) is 10.6. The van der Waals surface area contributed by atoms with Crippen molar-refractivity contribution >= 4 is 5.91 Å². The number of hydrogen-bond donors (Lipinski definition) is 1. The third kappa shape index (κ3) is 3.01. The molecule has 1 amide bonds. The van der Waals surface area contributed by atoms with Gasteiger partial charge in [-0.05, 0) is 39.8 Å². The molecule has 0 aromatic carbocycles. The Bertz CT molecular complexity index is 516. The highest BCUT2D eigenvalue weighted by Crippen LogP contribution is 2.31. The van der Waals surface area contributed by atoms with E-state index in [9.17, 15) is 4.79 Å². The second kappa shape index (κ2) is 6.34. The van der Waals surface area contributed by atoms with Gasteiger partial charge in [-0.25, -0.2) is 4.68 Å². The Kier molecular flexibility index (Phi) is 4.44. The van der Waals surface area contributed by atoms with E-state index in [-0.39, 0.29) is 18.6 Å². The molecule has 2 heterocycles. The molecule has 0 unspecified atom stereocenters. The fourth-order valence-corrected chi connectivity index (χ4v) is 3.46. The van der Waals surface area contributed by atoms with E-state index in [4.69, 9.17) is 5.11 Å². The third-order valence-corrected chi connectivity index (χ3v) is 5.04. The van der Waals surface area contributed by atoms with Crippen molar-refractivity contribution in [3.8, 4) is 0 Å². The molecule has 0 atom stereocenters. The van der Waals surface area contributed by atoms with Crippen molar-refractivity contribution in [2.45, 2.75) is 44.4 Å². The summed E-state index contributed by atoms with van der Waals surface area (Å²) in [6, 6.07) is 0.829. The molecule has 1 aliphatic heterocycles. The first-order valence-electron chi connectivity index (χ1n) is 8.05. The summed E-state index contributed by atoms with van der Waals surface area (Å²) in [5, 5.41) is 16.9. The van der Waals surface area contributed by atoms with E-state index >= 15 is 0 Å². The highest BCUT2D eigenvalue weighted by molar-refractivity contribution is 5.79. The second-order valence-corrected chi connectivity index (χ2v) is 6.71. The second-order valence-electron chi connectivity index (χ2n) is 6.71. The topological polar surface area (TPSA) is 74.5 Å². The van der Waals surface area contributed by atoms with Crippen LogP contribution in [-0.2, 0) is 11.4 Å². The standard InChI is InChI=1S/C15H25N5O2/c1-18(2)13-5-3-11(4-6-13)15(22)19-8-14(9-19)20-7-12(10-21)16-17-20/h7,11,13-14,21H,3-6,8-10H2,1-2H3. The van der Waals surface area contributed by atoms with Gasteiger partial charge in [-0.1, -0.05) is 5.21 Å². The third-order valence-electron chi connectivity index (χ3n) is 5.04. The van der Waals surface area contributed by atoms with Crippen molar-refractivity contribution in [3.63, 3.8) is 0 Å². The van der Waals surface area contributed by atoms with Gasteiger partial charge in [0.1, 0.15) is 5.69 Å². The lowest BCUT2D eigenvalue weighted by Crippen LogP contribution is -2.53. The maximum absolute atomic E-state index is 12.5. The van der Waals surface area contributed by atoms with Crippen molar-refractivity contribution in [1.29, 1.82) is 0 Å². The number of carbonyl (C=O) groups is 1. The average molecular weight is 307 g/mol. The van der Waals surface area contributed by atoms with Crippen LogP contribution in [0, 0.1) is 5.92 Å². The molecule has 2 aliphatic rings. The summed E-state index contributed by atoms with van der Waals surface area (Å²) in [6.07, 6.45) is 5.99. The number of nitrogens with zero attached hydrogens (tertiary/aromatic N) is 5. The normalized spacial score (nSPS) is 26.3. The van der Waals surface area contributed by atoms with Crippen LogP contribution in [0.25, 0.3) is 0 Å². The summed E-state index contributed by atoms with van der Waals surface area (Å²) in [5.41, 5.74) is 0.576. The van der Waals surface area contributed by atoms with Crippen molar-refractivity contribution in [2.24, 2.45) is 5.92 Å². The smallest absolute Gasteiger partial charge is 0.225 e. The molecule has 1 N–H and O–H groups in total. The van der Waals surface area contributed by atoms with Gasteiger partial charge in [0.15, 0.2) is 0 Å². The zero-order valence-electron chi connectivity index (χ0n) is 13.4. The van der Waals surface area contributed by atoms with Gasteiger partial charge < -0.3 is 14.9 Å². The zero-order chi connectivity index (χ0) is 15.7. The van der Waals surface area contributed by atoms with Crippen LogP contribution in [0.1, 0.15) is 37.4 Å². The molecule has 2 fully saturated rings. The molecule has 0 spiro atoms. The largest absolute Gasteiger partial charge is 0.390 e. The van der Waals surface area contributed by atoms with E-state index in [1.807, 2.05) is 4.90 Å². The highest BCUT2D eigenvalue weighted by atomic mass is 16.3. The summed E-state index contributed by atoms with van der Waals surface area (Å²) in [5.74, 6) is 0.497. The molecule has 122 valence electrons. The summed E-state index contributed by atoms with van der Waals surface area (Å²) in [6.45, 7) is 1.33. The lowest BCUT2D eigenvalue weighted by atomic mass is 9.84. The number of amides is 1. The predicted molar refractivity (Wildman–Crippen MR) is 81.0 cm³/mol. The maximum Gasteiger partial charge on any atom is 0.225 e. The molecule has 22 heavy (non-hydrogen) atoms. The summed E-state index contributed by atoms with van der Waals surface area (Å²) >= 11 is 0. The number of hydrogen-bond acceptors (Lipinski definition) is 5. The Morgan fingerprint density at radius 2 is 2.00 bits per heavy atom. The number of rotatable bonds is 4. The van der Waals surface area contributed by atoms with Crippen LogP contribution >= 0.6 is 0 Å². The van der Waals surface area contributed by atoms with Gasteiger partial charge in [0.25, 0.3) is 0 Å². The molecular weight excluding hydrogens is 282 g/mol. The van der Waals surface area contributed by atoms with Crippen molar-refractivity contribution in [1.82, 2.24) is 24.8 Å². The predicted octanol–water partition coefficient (Wildman–Crippen LogP) is 0.274. The van der Waals surface area contributed by atoms with Gasteiger partial charge in [0.2, 0.25) is 5.91 Å². The number of aliphatic hydroxyl groups excluding tert-OH is 1. The number of aromatic nitrogens is 3. The van der Waals surface area contributed by atoms with Crippen LogP contribution in [0.2, 0.25) is 0 Å². The summed E-state index contributed by atoms with van der Waals surface area (Å²) in [4.78, 5) is 16.7. The molecule has 3 rings (SSSR count). The average Bonchev–Trinajstić information content (AvgIpc) is 2.94.